The molecule has 0 unspecified atom stereocenters. The van der Waals surface area contributed by atoms with Crippen LogP contribution in [-0.2, 0) is 9.59 Å². The van der Waals surface area contributed by atoms with Crippen molar-refractivity contribution in [3.8, 4) is 0 Å². The van der Waals surface area contributed by atoms with Gasteiger partial charge in [-0.2, -0.15) is 5.10 Å². The summed E-state index contributed by atoms with van der Waals surface area (Å²) in [5.41, 5.74) is 9.02. The van der Waals surface area contributed by atoms with Gasteiger partial charge in [-0.3, -0.25) is 9.59 Å². The van der Waals surface area contributed by atoms with Gasteiger partial charge in [-0.25, -0.2) is 9.69 Å². The van der Waals surface area contributed by atoms with Crippen LogP contribution in [0.3, 0.4) is 0 Å². The zero-order valence-electron chi connectivity index (χ0n) is 16.4. The van der Waals surface area contributed by atoms with Crippen molar-refractivity contribution in [2.75, 3.05) is 4.90 Å². The lowest BCUT2D eigenvalue weighted by molar-refractivity contribution is -0.121. The van der Waals surface area contributed by atoms with Crippen molar-refractivity contribution in [1.82, 2.24) is 0 Å². The highest BCUT2D eigenvalue weighted by molar-refractivity contribution is 8.14. The minimum absolute atomic E-state index is 0.0267. The number of rotatable bonds is 5. The summed E-state index contributed by atoms with van der Waals surface area (Å²) in [5.74, 6) is -1.89. The van der Waals surface area contributed by atoms with Crippen molar-refractivity contribution in [3.63, 3.8) is 0 Å². The number of nitrogens with zero attached hydrogens (tertiary/aromatic N) is 3. The average Bonchev–Trinajstić information content (AvgIpc) is 2.99. The molecule has 154 valence electrons. The average molecular weight is 424 g/mol. The molecule has 1 atom stereocenters. The summed E-state index contributed by atoms with van der Waals surface area (Å²) in [7, 11) is 0. The predicted octanol–water partition coefficient (Wildman–Crippen LogP) is 2.80. The standard InChI is InChI=1S/C21H20N4O4S/c1-12-3-5-14(6-4-12)13(2)23-24-21(22)30-17-11-18(26)25(19(17)27)16-9-7-15(8-10-16)20(28)29/h3-10,17H,11H2,1-2H3,(H2,22,24)(H,28,29)/b23-13-/t17-/m0/s1. The van der Waals surface area contributed by atoms with E-state index in [-0.39, 0.29) is 23.1 Å². The summed E-state index contributed by atoms with van der Waals surface area (Å²) < 4.78 is 0. The van der Waals surface area contributed by atoms with E-state index >= 15 is 0 Å². The Labute approximate surface area is 177 Å². The number of thioether (sulfide) groups is 1. The van der Waals surface area contributed by atoms with Crippen LogP contribution in [-0.4, -0.2) is 39.0 Å². The molecule has 1 aliphatic heterocycles. The number of anilines is 1. The Morgan fingerprint density at radius 1 is 1.07 bits per heavy atom. The lowest BCUT2D eigenvalue weighted by Gasteiger charge is -2.14. The molecule has 3 rings (SSSR count). The maximum absolute atomic E-state index is 12.7. The van der Waals surface area contributed by atoms with E-state index in [2.05, 4.69) is 10.2 Å². The van der Waals surface area contributed by atoms with Crippen molar-refractivity contribution in [3.05, 3.63) is 65.2 Å². The molecule has 1 heterocycles. The van der Waals surface area contributed by atoms with Gasteiger partial charge in [0.25, 0.3) is 0 Å². The van der Waals surface area contributed by atoms with Crippen molar-refractivity contribution >= 4 is 46.1 Å². The predicted molar refractivity (Wildman–Crippen MR) is 117 cm³/mol. The van der Waals surface area contributed by atoms with E-state index in [0.717, 1.165) is 27.8 Å². The highest BCUT2D eigenvalue weighted by atomic mass is 32.2. The summed E-state index contributed by atoms with van der Waals surface area (Å²) in [6.45, 7) is 3.80. The molecule has 2 aromatic carbocycles. The van der Waals surface area contributed by atoms with Crippen LogP contribution in [0, 0.1) is 6.92 Å². The molecule has 0 bridgehead atoms. The van der Waals surface area contributed by atoms with Gasteiger partial charge in [0.2, 0.25) is 11.8 Å². The second kappa shape index (κ2) is 8.91. The fourth-order valence-electron chi connectivity index (χ4n) is 2.87. The van der Waals surface area contributed by atoms with Gasteiger partial charge in [-0.15, -0.1) is 5.10 Å². The summed E-state index contributed by atoms with van der Waals surface area (Å²) in [5, 5.41) is 16.4. The fraction of sp³-hybridized carbons (Fsp3) is 0.190. The number of aromatic carboxylic acids is 1. The molecular formula is C21H20N4O4S. The molecule has 9 heteroatoms. The van der Waals surface area contributed by atoms with Crippen LogP contribution in [0.15, 0.2) is 58.7 Å². The molecule has 30 heavy (non-hydrogen) atoms. The number of carbonyl (C=O) groups is 3. The largest absolute Gasteiger partial charge is 0.478 e. The highest BCUT2D eigenvalue weighted by Gasteiger charge is 2.40. The molecule has 0 spiro atoms. The van der Waals surface area contributed by atoms with Gasteiger partial charge in [-0.05, 0) is 43.7 Å². The van der Waals surface area contributed by atoms with Gasteiger partial charge in [0, 0.05) is 6.42 Å². The van der Waals surface area contributed by atoms with E-state index in [4.69, 9.17) is 10.8 Å². The van der Waals surface area contributed by atoms with Crippen LogP contribution in [0.25, 0.3) is 0 Å². The number of hydrogen-bond acceptors (Lipinski definition) is 6. The molecule has 1 aliphatic rings. The van der Waals surface area contributed by atoms with Crippen molar-refractivity contribution in [2.45, 2.75) is 25.5 Å². The quantitative estimate of drug-likeness (QED) is 0.329. The third-order valence-electron chi connectivity index (χ3n) is 4.51. The molecule has 2 aromatic rings. The molecule has 1 fully saturated rings. The number of benzene rings is 2. The maximum Gasteiger partial charge on any atom is 0.335 e. The molecule has 2 amide bonds. The number of imide groups is 1. The SMILES string of the molecule is C/C(=N/N=C(\N)S[C@H]1CC(=O)N(c2ccc(C(=O)O)cc2)C1=O)c1ccc(C)cc1. The molecule has 3 N–H and O–H groups in total. The Morgan fingerprint density at radius 2 is 1.67 bits per heavy atom. The van der Waals surface area contributed by atoms with E-state index in [0.29, 0.717) is 11.4 Å². The van der Waals surface area contributed by atoms with Crippen LogP contribution in [0.1, 0.15) is 34.8 Å². The lowest BCUT2D eigenvalue weighted by Crippen LogP contribution is -2.31. The highest BCUT2D eigenvalue weighted by Crippen LogP contribution is 2.30. The van der Waals surface area contributed by atoms with Crippen LogP contribution < -0.4 is 10.6 Å². The smallest absolute Gasteiger partial charge is 0.335 e. The van der Waals surface area contributed by atoms with E-state index in [1.54, 1.807) is 6.92 Å². The zero-order chi connectivity index (χ0) is 21.8. The van der Waals surface area contributed by atoms with Gasteiger partial charge in [0.1, 0.15) is 5.25 Å². The number of aryl methyl sites for hydroxylation is 1. The topological polar surface area (TPSA) is 125 Å². The number of carboxylic acid groups (broad SMARTS) is 1. The Bertz CT molecular complexity index is 1050. The van der Waals surface area contributed by atoms with E-state index in [1.807, 2.05) is 31.2 Å². The Kier molecular flexibility index (Phi) is 6.31. The Morgan fingerprint density at radius 3 is 2.27 bits per heavy atom. The van der Waals surface area contributed by atoms with Gasteiger partial charge in [-0.1, -0.05) is 41.6 Å². The first kappa shape index (κ1) is 21.3. The number of amides is 2. The maximum atomic E-state index is 12.7. The summed E-state index contributed by atoms with van der Waals surface area (Å²) in [6, 6.07) is 13.3. The van der Waals surface area contributed by atoms with E-state index in [1.165, 1.54) is 24.3 Å². The lowest BCUT2D eigenvalue weighted by atomic mass is 10.1. The molecule has 0 aliphatic carbocycles. The summed E-state index contributed by atoms with van der Waals surface area (Å²) in [6.07, 6.45) is -0.0267. The first-order valence-corrected chi connectivity index (χ1v) is 9.96. The van der Waals surface area contributed by atoms with Crippen molar-refractivity contribution < 1.29 is 19.5 Å². The number of carbonyl (C=O) groups excluding carboxylic acids is 2. The molecule has 8 nitrogen and oxygen atoms in total. The van der Waals surface area contributed by atoms with E-state index < -0.39 is 17.1 Å². The van der Waals surface area contributed by atoms with Crippen molar-refractivity contribution in [1.29, 1.82) is 0 Å². The molecule has 0 radical (unpaired) electrons. The van der Waals surface area contributed by atoms with Gasteiger partial charge < -0.3 is 10.8 Å². The second-order valence-electron chi connectivity index (χ2n) is 6.72. The van der Waals surface area contributed by atoms with Crippen molar-refractivity contribution in [2.24, 2.45) is 15.9 Å². The van der Waals surface area contributed by atoms with E-state index in [9.17, 15) is 14.4 Å². The monoisotopic (exact) mass is 424 g/mol. The number of carboxylic acids is 1. The zero-order valence-corrected chi connectivity index (χ0v) is 17.2. The van der Waals surface area contributed by atoms with Gasteiger partial charge in [0.15, 0.2) is 5.17 Å². The minimum atomic E-state index is -1.08. The van der Waals surface area contributed by atoms with Crippen LogP contribution in [0.2, 0.25) is 0 Å². The normalized spacial score (nSPS) is 17.5. The third kappa shape index (κ3) is 4.74. The third-order valence-corrected chi connectivity index (χ3v) is 5.48. The van der Waals surface area contributed by atoms with Gasteiger partial charge >= 0.3 is 5.97 Å². The molecule has 0 saturated carbocycles. The molecular weight excluding hydrogens is 404 g/mol. The first-order valence-electron chi connectivity index (χ1n) is 9.08. The summed E-state index contributed by atoms with van der Waals surface area (Å²) in [4.78, 5) is 37.0. The van der Waals surface area contributed by atoms with Crippen LogP contribution >= 0.6 is 11.8 Å². The fourth-order valence-corrected chi connectivity index (χ4v) is 3.68. The van der Waals surface area contributed by atoms with Crippen LogP contribution in [0.5, 0.6) is 0 Å². The number of amidine groups is 1. The summed E-state index contributed by atoms with van der Waals surface area (Å²) >= 11 is 0.980. The second-order valence-corrected chi connectivity index (χ2v) is 7.94. The Hall–Kier alpha value is -3.46. The molecule has 0 aromatic heterocycles. The Balaban J connectivity index is 1.69. The number of nitrogens with two attached hydrogens (primary N) is 1. The number of hydrogen-bond donors (Lipinski definition) is 2. The van der Waals surface area contributed by atoms with Gasteiger partial charge in [0.05, 0.1) is 17.0 Å². The molecule has 1 saturated heterocycles. The first-order chi connectivity index (χ1) is 14.3. The minimum Gasteiger partial charge on any atom is -0.478 e. The van der Waals surface area contributed by atoms with Crippen LogP contribution in [0.4, 0.5) is 5.69 Å².